The Labute approximate surface area is 160 Å². The highest BCUT2D eigenvalue weighted by Crippen LogP contribution is 2.37. The zero-order valence-corrected chi connectivity index (χ0v) is 16.7. The summed E-state index contributed by atoms with van der Waals surface area (Å²) in [5.74, 6) is 0.821. The van der Waals surface area contributed by atoms with Gasteiger partial charge in [0.1, 0.15) is 6.29 Å². The Morgan fingerprint density at radius 1 is 1.40 bits per heavy atom. The summed E-state index contributed by atoms with van der Waals surface area (Å²) >= 11 is 4.77. The molecule has 25 heavy (non-hydrogen) atoms. The molecule has 2 aromatic rings. The third-order valence-electron chi connectivity index (χ3n) is 5.13. The first-order valence-corrected chi connectivity index (χ1v) is 10.1. The Morgan fingerprint density at radius 2 is 2.08 bits per heavy atom. The molecule has 0 radical (unpaired) electrons. The first kappa shape index (κ1) is 18.3. The number of thiazole rings is 1. The van der Waals surface area contributed by atoms with E-state index in [1.54, 1.807) is 0 Å². The molecule has 1 amide bonds. The molecule has 1 saturated carbocycles. The summed E-state index contributed by atoms with van der Waals surface area (Å²) in [4.78, 5) is 28.6. The van der Waals surface area contributed by atoms with Crippen LogP contribution in [0.15, 0.2) is 34.1 Å². The predicted octanol–water partition coefficient (Wildman–Crippen LogP) is 4.79. The minimum atomic E-state index is -0.829. The van der Waals surface area contributed by atoms with Crippen molar-refractivity contribution in [2.45, 2.75) is 38.5 Å². The minimum absolute atomic E-state index is 0.0436. The van der Waals surface area contributed by atoms with Gasteiger partial charge in [-0.05, 0) is 43.4 Å². The highest BCUT2D eigenvalue weighted by molar-refractivity contribution is 9.10. The van der Waals surface area contributed by atoms with Gasteiger partial charge in [0.05, 0.1) is 11.1 Å². The maximum atomic E-state index is 12.3. The fourth-order valence-electron chi connectivity index (χ4n) is 3.13. The number of anilines is 1. The van der Waals surface area contributed by atoms with Crippen molar-refractivity contribution in [1.82, 2.24) is 4.98 Å². The van der Waals surface area contributed by atoms with E-state index in [1.165, 1.54) is 11.3 Å². The molecule has 1 fully saturated rings. The van der Waals surface area contributed by atoms with Gasteiger partial charge < -0.3 is 10.1 Å². The summed E-state index contributed by atoms with van der Waals surface area (Å²) in [6.07, 6.45) is 3.97. The molecule has 0 saturated heterocycles. The second-order valence-corrected chi connectivity index (χ2v) is 8.57. The summed E-state index contributed by atoms with van der Waals surface area (Å²) in [6, 6.07) is 7.64. The summed E-state index contributed by atoms with van der Waals surface area (Å²) in [5.41, 5.74) is 0.702. The first-order valence-electron chi connectivity index (χ1n) is 8.45. The van der Waals surface area contributed by atoms with Crippen LogP contribution < -0.4 is 5.32 Å². The van der Waals surface area contributed by atoms with E-state index < -0.39 is 5.41 Å². The Morgan fingerprint density at radius 3 is 2.68 bits per heavy atom. The topological polar surface area (TPSA) is 59.1 Å². The SMILES string of the molecule is CCC1CC(C(=O)Nc2nc(C(C)(C=O)c3ccc(Br)cc3)cs2)C1. The van der Waals surface area contributed by atoms with Crippen molar-refractivity contribution < 1.29 is 9.59 Å². The molecular formula is C19H21BrN2O2S. The number of carbonyl (C=O) groups excluding carboxylic acids is 2. The molecule has 4 nitrogen and oxygen atoms in total. The van der Waals surface area contributed by atoms with Crippen molar-refractivity contribution in [1.29, 1.82) is 0 Å². The van der Waals surface area contributed by atoms with E-state index in [4.69, 9.17) is 0 Å². The van der Waals surface area contributed by atoms with Gasteiger partial charge in [0.25, 0.3) is 0 Å². The lowest BCUT2D eigenvalue weighted by atomic mass is 9.73. The van der Waals surface area contributed by atoms with Crippen LogP contribution in [-0.2, 0) is 15.0 Å². The number of nitrogens with one attached hydrogen (secondary N) is 1. The lowest BCUT2D eigenvalue weighted by Crippen LogP contribution is -2.34. The minimum Gasteiger partial charge on any atom is -0.302 e. The van der Waals surface area contributed by atoms with Crippen LogP contribution in [0.25, 0.3) is 0 Å². The van der Waals surface area contributed by atoms with E-state index in [2.05, 4.69) is 33.2 Å². The molecule has 1 aliphatic carbocycles. The molecule has 1 atom stereocenters. The van der Waals surface area contributed by atoms with Crippen molar-refractivity contribution in [2.75, 3.05) is 5.32 Å². The van der Waals surface area contributed by atoms with Crippen LogP contribution in [-0.4, -0.2) is 17.2 Å². The summed E-state index contributed by atoms with van der Waals surface area (Å²) in [6.45, 7) is 4.01. The number of hydrogen-bond acceptors (Lipinski definition) is 4. The van der Waals surface area contributed by atoms with Crippen LogP contribution in [0.1, 0.15) is 44.4 Å². The fourth-order valence-corrected chi connectivity index (χ4v) is 4.23. The van der Waals surface area contributed by atoms with Gasteiger partial charge >= 0.3 is 0 Å². The molecule has 1 aliphatic rings. The molecule has 1 N–H and O–H groups in total. The lowest BCUT2D eigenvalue weighted by molar-refractivity contribution is -0.123. The molecule has 1 heterocycles. The highest BCUT2D eigenvalue weighted by atomic mass is 79.9. The molecule has 6 heteroatoms. The van der Waals surface area contributed by atoms with E-state index in [9.17, 15) is 9.59 Å². The largest absolute Gasteiger partial charge is 0.302 e. The van der Waals surface area contributed by atoms with Gasteiger partial charge in [0.15, 0.2) is 5.13 Å². The molecule has 1 aromatic heterocycles. The van der Waals surface area contributed by atoms with Gasteiger partial charge in [-0.15, -0.1) is 11.3 Å². The molecular weight excluding hydrogens is 400 g/mol. The van der Waals surface area contributed by atoms with Crippen LogP contribution in [0.5, 0.6) is 0 Å². The molecule has 1 unspecified atom stereocenters. The Bertz CT molecular complexity index is 768. The van der Waals surface area contributed by atoms with Gasteiger partial charge in [-0.1, -0.05) is 41.4 Å². The standard InChI is InChI=1S/C19H21BrN2O2S/c1-3-12-8-13(9-12)17(24)22-18-21-16(10-25-18)19(2,11-23)14-4-6-15(20)7-5-14/h4-7,10-13H,3,8-9H2,1-2H3,(H,21,22,24). The van der Waals surface area contributed by atoms with E-state index in [1.807, 2.05) is 36.6 Å². The smallest absolute Gasteiger partial charge is 0.229 e. The number of benzene rings is 1. The van der Waals surface area contributed by atoms with E-state index in [0.29, 0.717) is 16.7 Å². The third-order valence-corrected chi connectivity index (χ3v) is 6.42. The van der Waals surface area contributed by atoms with Crippen LogP contribution in [0.3, 0.4) is 0 Å². The third kappa shape index (κ3) is 3.70. The summed E-state index contributed by atoms with van der Waals surface area (Å²) in [7, 11) is 0. The van der Waals surface area contributed by atoms with E-state index >= 15 is 0 Å². The first-order chi connectivity index (χ1) is 12.0. The second kappa shape index (κ2) is 7.38. The molecule has 132 valence electrons. The molecule has 3 rings (SSSR count). The summed E-state index contributed by atoms with van der Waals surface area (Å²) < 4.78 is 0.960. The number of aromatic nitrogens is 1. The molecule has 0 spiro atoms. The number of aldehydes is 1. The van der Waals surface area contributed by atoms with Crippen LogP contribution >= 0.6 is 27.3 Å². The van der Waals surface area contributed by atoms with Crippen molar-refractivity contribution >= 4 is 44.6 Å². The predicted molar refractivity (Wildman–Crippen MR) is 104 cm³/mol. The lowest BCUT2D eigenvalue weighted by Gasteiger charge is -2.33. The van der Waals surface area contributed by atoms with Gasteiger partial charge in [-0.2, -0.15) is 0 Å². The number of carbonyl (C=O) groups is 2. The van der Waals surface area contributed by atoms with Crippen molar-refractivity contribution in [3.63, 3.8) is 0 Å². The summed E-state index contributed by atoms with van der Waals surface area (Å²) in [5, 5.41) is 5.32. The van der Waals surface area contributed by atoms with Gasteiger partial charge in [-0.25, -0.2) is 4.98 Å². The average molecular weight is 421 g/mol. The maximum Gasteiger partial charge on any atom is 0.229 e. The monoisotopic (exact) mass is 420 g/mol. The Hall–Kier alpha value is -1.53. The normalized spacial score (nSPS) is 21.9. The number of hydrogen-bond donors (Lipinski definition) is 1. The number of nitrogens with zero attached hydrogens (tertiary/aromatic N) is 1. The second-order valence-electron chi connectivity index (χ2n) is 6.80. The Balaban J connectivity index is 1.74. The van der Waals surface area contributed by atoms with Crippen LogP contribution in [0.2, 0.25) is 0 Å². The van der Waals surface area contributed by atoms with Crippen LogP contribution in [0, 0.1) is 11.8 Å². The van der Waals surface area contributed by atoms with Crippen molar-refractivity contribution in [2.24, 2.45) is 11.8 Å². The highest BCUT2D eigenvalue weighted by Gasteiger charge is 2.34. The Kier molecular flexibility index (Phi) is 5.39. The maximum absolute atomic E-state index is 12.3. The number of amides is 1. The quantitative estimate of drug-likeness (QED) is 0.683. The average Bonchev–Trinajstić information content (AvgIpc) is 3.03. The fraction of sp³-hybridized carbons (Fsp3) is 0.421. The molecule has 0 aliphatic heterocycles. The number of rotatable bonds is 6. The molecule has 0 bridgehead atoms. The van der Waals surface area contributed by atoms with E-state index in [-0.39, 0.29) is 11.8 Å². The van der Waals surface area contributed by atoms with Crippen LogP contribution in [0.4, 0.5) is 5.13 Å². The van der Waals surface area contributed by atoms with Gasteiger partial charge in [0.2, 0.25) is 5.91 Å². The van der Waals surface area contributed by atoms with Gasteiger partial charge in [0, 0.05) is 15.8 Å². The van der Waals surface area contributed by atoms with E-state index in [0.717, 1.165) is 35.6 Å². The molecule has 1 aromatic carbocycles. The number of halogens is 1. The zero-order valence-electron chi connectivity index (χ0n) is 14.3. The van der Waals surface area contributed by atoms with Crippen molar-refractivity contribution in [3.8, 4) is 0 Å². The zero-order chi connectivity index (χ0) is 18.0. The van der Waals surface area contributed by atoms with Gasteiger partial charge in [-0.3, -0.25) is 4.79 Å². The van der Waals surface area contributed by atoms with Crippen molar-refractivity contribution in [3.05, 3.63) is 45.4 Å².